The van der Waals surface area contributed by atoms with Crippen LogP contribution in [0, 0.1) is 11.6 Å². The molecule has 0 amide bonds. The minimum absolute atomic E-state index is 0.00770. The fourth-order valence-corrected chi connectivity index (χ4v) is 2.14. The molecule has 2 nitrogen and oxygen atoms in total. The van der Waals surface area contributed by atoms with Gasteiger partial charge in [-0.3, -0.25) is 0 Å². The SMILES string of the molecule is COc1ccc(C(C)(N)Cc2c(F)cccc2F)cc1. The molecule has 0 fully saturated rings. The quantitative estimate of drug-likeness (QED) is 0.929. The summed E-state index contributed by atoms with van der Waals surface area (Å²) < 4.78 is 32.5. The lowest BCUT2D eigenvalue weighted by Gasteiger charge is -2.26. The Morgan fingerprint density at radius 1 is 1.05 bits per heavy atom. The first kappa shape index (κ1) is 14.5. The lowest BCUT2D eigenvalue weighted by atomic mass is 9.86. The van der Waals surface area contributed by atoms with Crippen LogP contribution in [-0.4, -0.2) is 7.11 Å². The highest BCUT2D eigenvalue weighted by atomic mass is 19.1. The minimum Gasteiger partial charge on any atom is -0.497 e. The van der Waals surface area contributed by atoms with Gasteiger partial charge in [0.25, 0.3) is 0 Å². The Labute approximate surface area is 117 Å². The second kappa shape index (κ2) is 5.59. The van der Waals surface area contributed by atoms with Crippen LogP contribution in [0.25, 0.3) is 0 Å². The molecule has 2 aromatic rings. The Kier molecular flexibility index (Phi) is 4.04. The normalized spacial score (nSPS) is 13.8. The second-order valence-corrected chi connectivity index (χ2v) is 5.02. The maximum atomic E-state index is 13.7. The molecule has 2 N–H and O–H groups in total. The third kappa shape index (κ3) is 2.96. The second-order valence-electron chi connectivity index (χ2n) is 5.02. The van der Waals surface area contributed by atoms with Crippen LogP contribution in [0.2, 0.25) is 0 Å². The number of hydrogen-bond donors (Lipinski definition) is 1. The van der Waals surface area contributed by atoms with Crippen molar-refractivity contribution < 1.29 is 13.5 Å². The van der Waals surface area contributed by atoms with Gasteiger partial charge < -0.3 is 10.5 Å². The average molecular weight is 277 g/mol. The van der Waals surface area contributed by atoms with E-state index in [1.54, 1.807) is 38.3 Å². The van der Waals surface area contributed by atoms with Crippen molar-refractivity contribution in [2.24, 2.45) is 5.73 Å². The number of halogens is 2. The van der Waals surface area contributed by atoms with Crippen LogP contribution < -0.4 is 10.5 Å². The van der Waals surface area contributed by atoms with E-state index in [-0.39, 0.29) is 12.0 Å². The summed E-state index contributed by atoms with van der Waals surface area (Å²) in [5.41, 5.74) is 6.16. The average Bonchev–Trinajstić information content (AvgIpc) is 2.43. The van der Waals surface area contributed by atoms with E-state index >= 15 is 0 Å². The Morgan fingerprint density at radius 3 is 2.10 bits per heavy atom. The van der Waals surface area contributed by atoms with Crippen molar-refractivity contribution in [2.75, 3.05) is 7.11 Å². The van der Waals surface area contributed by atoms with Crippen molar-refractivity contribution in [2.45, 2.75) is 18.9 Å². The summed E-state index contributed by atoms with van der Waals surface area (Å²) in [6.07, 6.45) is 0.0812. The van der Waals surface area contributed by atoms with Crippen molar-refractivity contribution in [1.29, 1.82) is 0 Å². The number of nitrogens with two attached hydrogens (primary N) is 1. The minimum atomic E-state index is -0.866. The summed E-state index contributed by atoms with van der Waals surface area (Å²) in [5.74, 6) is -0.438. The predicted molar refractivity (Wildman–Crippen MR) is 74.6 cm³/mol. The molecule has 0 aromatic heterocycles. The molecular weight excluding hydrogens is 260 g/mol. The van der Waals surface area contributed by atoms with Crippen LogP contribution in [-0.2, 0) is 12.0 Å². The van der Waals surface area contributed by atoms with Crippen molar-refractivity contribution in [3.8, 4) is 5.75 Å². The van der Waals surface area contributed by atoms with Gasteiger partial charge in [0, 0.05) is 17.5 Å². The molecular formula is C16H17F2NO. The van der Waals surface area contributed by atoms with Gasteiger partial charge in [-0.15, -0.1) is 0 Å². The van der Waals surface area contributed by atoms with E-state index < -0.39 is 17.2 Å². The highest BCUT2D eigenvalue weighted by Gasteiger charge is 2.25. The molecule has 4 heteroatoms. The zero-order chi connectivity index (χ0) is 14.8. The Balaban J connectivity index is 2.30. The van der Waals surface area contributed by atoms with Crippen molar-refractivity contribution in [3.63, 3.8) is 0 Å². The zero-order valence-corrected chi connectivity index (χ0v) is 11.5. The lowest BCUT2D eigenvalue weighted by Crippen LogP contribution is -2.36. The molecule has 0 heterocycles. The van der Waals surface area contributed by atoms with E-state index in [4.69, 9.17) is 10.5 Å². The molecule has 106 valence electrons. The molecule has 0 saturated heterocycles. The molecule has 2 rings (SSSR count). The molecule has 0 bridgehead atoms. The fourth-order valence-electron chi connectivity index (χ4n) is 2.14. The van der Waals surface area contributed by atoms with Crippen LogP contribution in [0.15, 0.2) is 42.5 Å². The molecule has 20 heavy (non-hydrogen) atoms. The van der Waals surface area contributed by atoms with Gasteiger partial charge in [-0.25, -0.2) is 8.78 Å². The number of methoxy groups -OCH3 is 1. The molecule has 0 spiro atoms. The van der Waals surface area contributed by atoms with Gasteiger partial charge in [-0.2, -0.15) is 0 Å². The van der Waals surface area contributed by atoms with Gasteiger partial charge >= 0.3 is 0 Å². The maximum Gasteiger partial charge on any atom is 0.129 e. The highest BCUT2D eigenvalue weighted by molar-refractivity contribution is 5.33. The smallest absolute Gasteiger partial charge is 0.129 e. The number of benzene rings is 2. The van der Waals surface area contributed by atoms with Crippen LogP contribution in [0.4, 0.5) is 8.78 Å². The van der Waals surface area contributed by atoms with Crippen molar-refractivity contribution >= 4 is 0 Å². The largest absolute Gasteiger partial charge is 0.497 e. The van der Waals surface area contributed by atoms with Gasteiger partial charge in [-0.1, -0.05) is 18.2 Å². The van der Waals surface area contributed by atoms with Gasteiger partial charge in [0.05, 0.1) is 7.11 Å². The topological polar surface area (TPSA) is 35.2 Å². The Bertz CT molecular complexity index is 574. The molecule has 0 saturated carbocycles. The summed E-state index contributed by atoms with van der Waals surface area (Å²) in [6, 6.07) is 11.0. The molecule has 2 aromatic carbocycles. The Hall–Kier alpha value is -1.94. The maximum absolute atomic E-state index is 13.7. The first-order valence-corrected chi connectivity index (χ1v) is 6.30. The van der Waals surface area contributed by atoms with Gasteiger partial charge in [0.2, 0.25) is 0 Å². The van der Waals surface area contributed by atoms with E-state index in [1.807, 2.05) is 0 Å². The van der Waals surface area contributed by atoms with Crippen LogP contribution in [0.3, 0.4) is 0 Å². The number of ether oxygens (including phenoxy) is 1. The fraction of sp³-hybridized carbons (Fsp3) is 0.250. The number of hydrogen-bond acceptors (Lipinski definition) is 2. The molecule has 0 aliphatic carbocycles. The first-order chi connectivity index (χ1) is 9.44. The standard InChI is InChI=1S/C16H17F2NO/c1-16(19,11-6-8-12(20-2)9-7-11)10-13-14(17)4-3-5-15(13)18/h3-9H,10,19H2,1-2H3. The van der Waals surface area contributed by atoms with E-state index in [9.17, 15) is 8.78 Å². The molecule has 0 aliphatic heterocycles. The lowest BCUT2D eigenvalue weighted by molar-refractivity contribution is 0.413. The van der Waals surface area contributed by atoms with Gasteiger partial charge in [0.1, 0.15) is 17.4 Å². The van der Waals surface area contributed by atoms with Crippen molar-refractivity contribution in [3.05, 3.63) is 65.2 Å². The molecule has 1 unspecified atom stereocenters. The Morgan fingerprint density at radius 2 is 1.60 bits per heavy atom. The van der Waals surface area contributed by atoms with E-state index in [0.717, 1.165) is 5.56 Å². The third-order valence-electron chi connectivity index (χ3n) is 3.36. The zero-order valence-electron chi connectivity index (χ0n) is 11.5. The van der Waals surface area contributed by atoms with Crippen LogP contribution in [0.5, 0.6) is 5.75 Å². The van der Waals surface area contributed by atoms with Crippen LogP contribution >= 0.6 is 0 Å². The van der Waals surface area contributed by atoms with Crippen LogP contribution in [0.1, 0.15) is 18.1 Å². The summed E-state index contributed by atoms with van der Waals surface area (Å²) in [6.45, 7) is 1.75. The summed E-state index contributed by atoms with van der Waals surface area (Å²) in [5, 5.41) is 0. The van der Waals surface area contributed by atoms with E-state index in [2.05, 4.69) is 0 Å². The van der Waals surface area contributed by atoms with Gasteiger partial charge in [0.15, 0.2) is 0 Å². The first-order valence-electron chi connectivity index (χ1n) is 6.30. The number of rotatable bonds is 4. The van der Waals surface area contributed by atoms with E-state index in [1.165, 1.54) is 18.2 Å². The summed E-state index contributed by atoms with van der Waals surface area (Å²) in [7, 11) is 1.57. The molecule has 0 radical (unpaired) electrons. The van der Waals surface area contributed by atoms with E-state index in [0.29, 0.717) is 5.75 Å². The summed E-state index contributed by atoms with van der Waals surface area (Å²) in [4.78, 5) is 0. The highest BCUT2D eigenvalue weighted by Crippen LogP contribution is 2.27. The molecule has 1 atom stereocenters. The van der Waals surface area contributed by atoms with Gasteiger partial charge in [-0.05, 0) is 36.8 Å². The predicted octanol–water partition coefficient (Wildman–Crippen LogP) is 3.39. The molecule has 0 aliphatic rings. The third-order valence-corrected chi connectivity index (χ3v) is 3.36. The van der Waals surface area contributed by atoms with Crippen molar-refractivity contribution in [1.82, 2.24) is 0 Å². The summed E-state index contributed by atoms with van der Waals surface area (Å²) >= 11 is 0. The monoisotopic (exact) mass is 277 g/mol.